The van der Waals surface area contributed by atoms with Gasteiger partial charge < -0.3 is 4.90 Å². The van der Waals surface area contributed by atoms with E-state index in [1.165, 1.54) is 0 Å². The Morgan fingerprint density at radius 1 is 1.42 bits per heavy atom. The molecule has 70 valence electrons. The molecule has 3 nitrogen and oxygen atoms in total. The molecule has 0 spiro atoms. The Morgan fingerprint density at radius 2 is 2.00 bits per heavy atom. The molecule has 0 aliphatic carbocycles. The minimum Gasteiger partial charge on any atom is -0.329 e. The van der Waals surface area contributed by atoms with Gasteiger partial charge in [-0.3, -0.25) is 9.00 Å². The van der Waals surface area contributed by atoms with Crippen LogP contribution in [0.3, 0.4) is 0 Å². The smallest absolute Gasteiger partial charge is 0.228 e. The van der Waals surface area contributed by atoms with E-state index in [4.69, 9.17) is 0 Å². The summed E-state index contributed by atoms with van der Waals surface area (Å²) in [4.78, 5) is 13.3. The second-order valence-electron chi connectivity index (χ2n) is 4.09. The van der Waals surface area contributed by atoms with Gasteiger partial charge in [-0.2, -0.15) is 0 Å². The Bertz CT molecular complexity index is 220. The van der Waals surface area contributed by atoms with E-state index in [-0.39, 0.29) is 11.3 Å². The summed E-state index contributed by atoms with van der Waals surface area (Å²) in [5, 5.41) is 0. The van der Waals surface area contributed by atoms with Crippen molar-refractivity contribution in [3.8, 4) is 0 Å². The third-order valence-electron chi connectivity index (χ3n) is 1.82. The van der Waals surface area contributed by atoms with Gasteiger partial charge in [-0.1, -0.05) is 20.8 Å². The minimum atomic E-state index is -0.803. The SMILES string of the molecule is CC(C)(C)C(=O)N1CCS(=O)C1. The highest BCUT2D eigenvalue weighted by molar-refractivity contribution is 7.85. The van der Waals surface area contributed by atoms with Crippen molar-refractivity contribution >= 4 is 16.7 Å². The highest BCUT2D eigenvalue weighted by Crippen LogP contribution is 2.19. The van der Waals surface area contributed by atoms with Crippen molar-refractivity contribution < 1.29 is 9.00 Å². The molecule has 1 aliphatic rings. The molecule has 1 atom stereocenters. The standard InChI is InChI=1S/C8H15NO2S/c1-8(2,3)7(10)9-4-5-12(11)6-9/h4-6H2,1-3H3. The Hall–Kier alpha value is -0.380. The van der Waals surface area contributed by atoms with Crippen LogP contribution in [0.5, 0.6) is 0 Å². The molecule has 1 unspecified atom stereocenters. The number of hydrogen-bond acceptors (Lipinski definition) is 2. The average molecular weight is 189 g/mol. The van der Waals surface area contributed by atoms with Gasteiger partial charge in [0.15, 0.2) is 0 Å². The first kappa shape index (κ1) is 9.71. The van der Waals surface area contributed by atoms with Crippen molar-refractivity contribution in [3.63, 3.8) is 0 Å². The lowest BCUT2D eigenvalue weighted by atomic mass is 9.95. The summed E-state index contributed by atoms with van der Waals surface area (Å²) in [5.41, 5.74) is -0.339. The molecule has 1 saturated heterocycles. The first-order chi connectivity index (χ1) is 5.41. The highest BCUT2D eigenvalue weighted by Gasteiger charge is 2.31. The molecular formula is C8H15NO2S. The molecule has 12 heavy (non-hydrogen) atoms. The molecule has 0 aromatic carbocycles. The highest BCUT2D eigenvalue weighted by atomic mass is 32.2. The van der Waals surface area contributed by atoms with Crippen LogP contribution in [0.2, 0.25) is 0 Å². The topological polar surface area (TPSA) is 37.4 Å². The number of hydrogen-bond donors (Lipinski definition) is 0. The molecular weight excluding hydrogens is 174 g/mol. The first-order valence-corrected chi connectivity index (χ1v) is 5.54. The molecule has 1 fully saturated rings. The second kappa shape index (κ2) is 3.17. The summed E-state index contributed by atoms with van der Waals surface area (Å²) >= 11 is 0. The van der Waals surface area contributed by atoms with Crippen LogP contribution < -0.4 is 0 Å². The third kappa shape index (κ3) is 2.06. The molecule has 4 heteroatoms. The van der Waals surface area contributed by atoms with Crippen molar-refractivity contribution in [1.29, 1.82) is 0 Å². The quantitative estimate of drug-likeness (QED) is 0.559. The zero-order valence-electron chi connectivity index (χ0n) is 7.79. The van der Waals surface area contributed by atoms with Crippen LogP contribution in [0.15, 0.2) is 0 Å². The molecule has 0 N–H and O–H groups in total. The van der Waals surface area contributed by atoms with E-state index in [0.717, 1.165) is 0 Å². The van der Waals surface area contributed by atoms with Gasteiger partial charge in [0.05, 0.1) is 5.88 Å². The molecule has 0 radical (unpaired) electrons. The number of carbonyl (C=O) groups is 1. The van der Waals surface area contributed by atoms with E-state index in [0.29, 0.717) is 18.2 Å². The summed E-state index contributed by atoms with van der Waals surface area (Å²) in [6.45, 7) is 6.31. The number of rotatable bonds is 0. The number of carbonyl (C=O) groups excluding carboxylic acids is 1. The molecule has 1 aliphatic heterocycles. The number of nitrogens with zero attached hydrogens (tertiary/aromatic N) is 1. The summed E-state index contributed by atoms with van der Waals surface area (Å²) in [6, 6.07) is 0. The van der Waals surface area contributed by atoms with Crippen molar-refractivity contribution in [2.45, 2.75) is 20.8 Å². The Kier molecular flexibility index (Phi) is 2.56. The predicted molar refractivity (Wildman–Crippen MR) is 49.0 cm³/mol. The van der Waals surface area contributed by atoms with Crippen LogP contribution in [0, 0.1) is 5.41 Å². The Balaban J connectivity index is 2.61. The van der Waals surface area contributed by atoms with Crippen molar-refractivity contribution in [3.05, 3.63) is 0 Å². The molecule has 0 saturated carbocycles. The largest absolute Gasteiger partial charge is 0.329 e. The molecule has 1 amide bonds. The van der Waals surface area contributed by atoms with E-state index in [1.807, 2.05) is 20.8 Å². The van der Waals surface area contributed by atoms with Crippen LogP contribution >= 0.6 is 0 Å². The van der Waals surface area contributed by atoms with Crippen LogP contribution in [0.4, 0.5) is 0 Å². The maximum absolute atomic E-state index is 11.6. The fourth-order valence-corrected chi connectivity index (χ4v) is 2.30. The molecule has 1 heterocycles. The van der Waals surface area contributed by atoms with E-state index in [1.54, 1.807) is 4.90 Å². The van der Waals surface area contributed by atoms with Crippen molar-refractivity contribution in [2.24, 2.45) is 5.41 Å². The van der Waals surface area contributed by atoms with E-state index >= 15 is 0 Å². The van der Waals surface area contributed by atoms with Gasteiger partial charge >= 0.3 is 0 Å². The van der Waals surface area contributed by atoms with E-state index < -0.39 is 10.8 Å². The lowest BCUT2D eigenvalue weighted by molar-refractivity contribution is -0.137. The minimum absolute atomic E-state index is 0.105. The summed E-state index contributed by atoms with van der Waals surface area (Å²) < 4.78 is 11.0. The van der Waals surface area contributed by atoms with Crippen LogP contribution in [-0.4, -0.2) is 33.2 Å². The van der Waals surface area contributed by atoms with Gasteiger partial charge in [0, 0.05) is 28.5 Å². The average Bonchev–Trinajstić information content (AvgIpc) is 2.32. The van der Waals surface area contributed by atoms with Gasteiger partial charge in [0.25, 0.3) is 0 Å². The van der Waals surface area contributed by atoms with Crippen molar-refractivity contribution in [1.82, 2.24) is 4.90 Å². The van der Waals surface area contributed by atoms with Gasteiger partial charge in [-0.05, 0) is 0 Å². The monoisotopic (exact) mass is 189 g/mol. The van der Waals surface area contributed by atoms with Gasteiger partial charge in [-0.25, -0.2) is 0 Å². The normalized spacial score (nSPS) is 24.6. The molecule has 0 aromatic rings. The zero-order valence-corrected chi connectivity index (χ0v) is 8.61. The van der Waals surface area contributed by atoms with Crippen LogP contribution in [0.1, 0.15) is 20.8 Å². The molecule has 0 aromatic heterocycles. The number of amides is 1. The zero-order chi connectivity index (χ0) is 9.35. The lowest BCUT2D eigenvalue weighted by Crippen LogP contribution is -2.37. The van der Waals surface area contributed by atoms with E-state index in [9.17, 15) is 9.00 Å². The predicted octanol–water partition coefficient (Wildman–Crippen LogP) is 0.581. The summed E-state index contributed by atoms with van der Waals surface area (Å²) in [6.07, 6.45) is 0. The first-order valence-electron chi connectivity index (χ1n) is 4.05. The molecule has 0 bridgehead atoms. The summed E-state index contributed by atoms with van der Waals surface area (Å²) in [7, 11) is -0.803. The maximum Gasteiger partial charge on any atom is 0.228 e. The van der Waals surface area contributed by atoms with Crippen LogP contribution in [-0.2, 0) is 15.6 Å². The third-order valence-corrected chi connectivity index (χ3v) is 3.06. The van der Waals surface area contributed by atoms with Gasteiger partial charge in [0.1, 0.15) is 0 Å². The second-order valence-corrected chi connectivity index (χ2v) is 5.64. The summed E-state index contributed by atoms with van der Waals surface area (Å²) in [5.74, 6) is 1.17. The van der Waals surface area contributed by atoms with Crippen LogP contribution in [0.25, 0.3) is 0 Å². The van der Waals surface area contributed by atoms with Crippen molar-refractivity contribution in [2.75, 3.05) is 18.2 Å². The Labute approximate surface area is 75.6 Å². The van der Waals surface area contributed by atoms with Gasteiger partial charge in [0.2, 0.25) is 5.91 Å². The van der Waals surface area contributed by atoms with Gasteiger partial charge in [-0.15, -0.1) is 0 Å². The fourth-order valence-electron chi connectivity index (χ4n) is 1.15. The molecule has 1 rings (SSSR count). The fraction of sp³-hybridized carbons (Fsp3) is 0.875. The Morgan fingerprint density at radius 3 is 2.33 bits per heavy atom. The lowest BCUT2D eigenvalue weighted by Gasteiger charge is -2.24. The van der Waals surface area contributed by atoms with E-state index in [2.05, 4.69) is 0 Å². The maximum atomic E-state index is 11.6.